The van der Waals surface area contributed by atoms with Crippen LogP contribution in [0.3, 0.4) is 0 Å². The highest BCUT2D eigenvalue weighted by molar-refractivity contribution is 7.99. The number of nitrogens with zero attached hydrogens (tertiary/aromatic N) is 1. The van der Waals surface area contributed by atoms with Crippen molar-refractivity contribution >= 4 is 23.4 Å². The first kappa shape index (κ1) is 18.1. The number of hydrogen-bond donors (Lipinski definition) is 2. The van der Waals surface area contributed by atoms with Crippen LogP contribution in [0.15, 0.2) is 34.2 Å². The number of rotatable bonds is 4. The van der Waals surface area contributed by atoms with Crippen molar-refractivity contribution in [1.29, 1.82) is 0 Å². The molecule has 0 aliphatic heterocycles. The van der Waals surface area contributed by atoms with E-state index < -0.39 is 23.3 Å². The molecule has 2 aromatic rings. The lowest BCUT2D eigenvalue weighted by Crippen LogP contribution is -2.18. The first-order valence-electron chi connectivity index (χ1n) is 6.83. The number of amides is 1. The summed E-state index contributed by atoms with van der Waals surface area (Å²) in [6.45, 7) is 3.70. The largest absolute Gasteiger partial charge is 0.433 e. The zero-order valence-electron chi connectivity index (χ0n) is 12.8. The molecule has 0 fully saturated rings. The zero-order valence-corrected chi connectivity index (χ0v) is 13.6. The minimum absolute atomic E-state index is 0.183. The molecule has 0 unspecified atom stereocenters. The number of nitrogens with one attached hydrogen (secondary N) is 2. The normalized spacial score (nSPS) is 11.4. The lowest BCUT2D eigenvalue weighted by Gasteiger charge is -2.09. The Hall–Kier alpha value is -2.29. The number of benzene rings is 1. The van der Waals surface area contributed by atoms with Gasteiger partial charge in [-0.1, -0.05) is 23.9 Å². The van der Waals surface area contributed by atoms with Crippen molar-refractivity contribution in [2.24, 2.45) is 0 Å². The zero-order chi connectivity index (χ0) is 17.9. The molecule has 0 aliphatic carbocycles. The Labute approximate surface area is 139 Å². The average Bonchev–Trinajstić information content (AvgIpc) is 2.47. The van der Waals surface area contributed by atoms with Crippen LogP contribution in [-0.4, -0.2) is 21.6 Å². The van der Waals surface area contributed by atoms with Crippen LogP contribution in [0.5, 0.6) is 0 Å². The van der Waals surface area contributed by atoms with E-state index in [1.165, 1.54) is 0 Å². The summed E-state index contributed by atoms with van der Waals surface area (Å²) in [5.41, 5.74) is 0.251. The highest BCUT2D eigenvalue weighted by Crippen LogP contribution is 2.27. The Morgan fingerprint density at radius 2 is 2.00 bits per heavy atom. The van der Waals surface area contributed by atoms with Gasteiger partial charge in [-0.15, -0.1) is 0 Å². The molecular formula is C15H14F3N3O2S. The third-order valence-electron chi connectivity index (χ3n) is 3.02. The molecule has 0 radical (unpaired) electrons. The molecular weight excluding hydrogens is 343 g/mol. The molecule has 128 valence electrons. The summed E-state index contributed by atoms with van der Waals surface area (Å²) in [5.74, 6) is -0.591. The summed E-state index contributed by atoms with van der Waals surface area (Å²) in [5, 5.41) is 2.42. The molecule has 2 rings (SSSR count). The maximum atomic E-state index is 12.6. The van der Waals surface area contributed by atoms with Crippen molar-refractivity contribution in [3.63, 3.8) is 0 Å². The molecule has 0 saturated heterocycles. The third kappa shape index (κ3) is 4.85. The van der Waals surface area contributed by atoms with Crippen molar-refractivity contribution in [3.05, 3.63) is 51.4 Å². The maximum absolute atomic E-state index is 12.6. The lowest BCUT2D eigenvalue weighted by atomic mass is 10.1. The van der Waals surface area contributed by atoms with Gasteiger partial charge in [-0.05, 0) is 31.0 Å². The summed E-state index contributed by atoms with van der Waals surface area (Å²) < 4.78 is 37.8. The molecule has 9 heteroatoms. The molecule has 1 aromatic heterocycles. The summed E-state index contributed by atoms with van der Waals surface area (Å²) >= 11 is 0.724. The monoisotopic (exact) mass is 357 g/mol. The molecule has 1 amide bonds. The van der Waals surface area contributed by atoms with Gasteiger partial charge in [0.2, 0.25) is 5.91 Å². The number of thioether (sulfide) groups is 1. The SMILES string of the molecule is Cc1ccc(C)c(NC(=O)CSc2nc(C(F)(F)F)cc(=O)[nH]2)c1. The van der Waals surface area contributed by atoms with Crippen molar-refractivity contribution in [2.45, 2.75) is 25.2 Å². The Bertz CT molecular complexity index is 818. The van der Waals surface area contributed by atoms with E-state index >= 15 is 0 Å². The van der Waals surface area contributed by atoms with Gasteiger partial charge in [0, 0.05) is 11.8 Å². The van der Waals surface area contributed by atoms with Crippen molar-refractivity contribution in [2.75, 3.05) is 11.1 Å². The number of halogens is 3. The second-order valence-electron chi connectivity index (χ2n) is 5.09. The van der Waals surface area contributed by atoms with E-state index in [1.807, 2.05) is 26.0 Å². The van der Waals surface area contributed by atoms with Crippen LogP contribution in [-0.2, 0) is 11.0 Å². The first-order chi connectivity index (χ1) is 11.1. The van der Waals surface area contributed by atoms with E-state index in [0.29, 0.717) is 11.8 Å². The molecule has 0 aliphatic rings. The van der Waals surface area contributed by atoms with Crippen molar-refractivity contribution < 1.29 is 18.0 Å². The van der Waals surface area contributed by atoms with Crippen molar-refractivity contribution in [1.82, 2.24) is 9.97 Å². The van der Waals surface area contributed by atoms with Crippen LogP contribution >= 0.6 is 11.8 Å². The third-order valence-corrected chi connectivity index (χ3v) is 3.89. The molecule has 1 aromatic carbocycles. The highest BCUT2D eigenvalue weighted by atomic mass is 32.2. The Morgan fingerprint density at radius 3 is 2.67 bits per heavy atom. The van der Waals surface area contributed by atoms with Crippen LogP contribution in [0.1, 0.15) is 16.8 Å². The Morgan fingerprint density at radius 1 is 1.29 bits per heavy atom. The van der Waals surface area contributed by atoms with E-state index in [-0.39, 0.29) is 10.9 Å². The number of carbonyl (C=O) groups is 1. The topological polar surface area (TPSA) is 74.8 Å². The van der Waals surface area contributed by atoms with Gasteiger partial charge in [0.1, 0.15) is 0 Å². The minimum Gasteiger partial charge on any atom is -0.325 e. The highest BCUT2D eigenvalue weighted by Gasteiger charge is 2.33. The van der Waals surface area contributed by atoms with Crippen LogP contribution in [0.2, 0.25) is 0 Å². The number of aryl methyl sites for hydroxylation is 2. The average molecular weight is 357 g/mol. The van der Waals surface area contributed by atoms with Gasteiger partial charge in [0.05, 0.1) is 5.75 Å². The van der Waals surface area contributed by atoms with E-state index in [0.717, 1.165) is 22.9 Å². The summed E-state index contributed by atoms with van der Waals surface area (Å²) in [4.78, 5) is 28.7. The molecule has 0 saturated carbocycles. The molecule has 0 bridgehead atoms. The summed E-state index contributed by atoms with van der Waals surface area (Å²) in [6.07, 6.45) is -4.72. The summed E-state index contributed by atoms with van der Waals surface area (Å²) in [6, 6.07) is 5.92. The smallest absolute Gasteiger partial charge is 0.325 e. The standard InChI is InChI=1S/C15H14F3N3O2S/c1-8-3-4-9(2)10(5-8)19-13(23)7-24-14-20-11(15(16,17)18)6-12(22)21-14/h3-6H,7H2,1-2H3,(H,19,23)(H,20,21,22). The molecule has 2 N–H and O–H groups in total. The van der Waals surface area contributed by atoms with Gasteiger partial charge in [-0.2, -0.15) is 13.2 Å². The number of alkyl halides is 3. The second-order valence-corrected chi connectivity index (χ2v) is 6.05. The van der Waals surface area contributed by atoms with E-state index in [2.05, 4.69) is 15.3 Å². The minimum atomic E-state index is -4.72. The van der Waals surface area contributed by atoms with Crippen LogP contribution < -0.4 is 10.9 Å². The van der Waals surface area contributed by atoms with Crippen LogP contribution in [0.4, 0.5) is 18.9 Å². The fourth-order valence-corrected chi connectivity index (χ4v) is 2.52. The number of aromatic amines is 1. The number of hydrogen-bond acceptors (Lipinski definition) is 4. The van der Waals surface area contributed by atoms with E-state index in [4.69, 9.17) is 0 Å². The van der Waals surface area contributed by atoms with E-state index in [1.54, 1.807) is 6.07 Å². The Kier molecular flexibility index (Phi) is 5.33. The molecule has 0 atom stereocenters. The van der Waals surface area contributed by atoms with Crippen LogP contribution in [0, 0.1) is 13.8 Å². The fourth-order valence-electron chi connectivity index (χ4n) is 1.84. The lowest BCUT2D eigenvalue weighted by molar-refractivity contribution is -0.141. The predicted molar refractivity (Wildman–Crippen MR) is 85.1 cm³/mol. The number of H-pyrrole nitrogens is 1. The van der Waals surface area contributed by atoms with Gasteiger partial charge in [-0.25, -0.2) is 4.98 Å². The Balaban J connectivity index is 2.05. The molecule has 5 nitrogen and oxygen atoms in total. The van der Waals surface area contributed by atoms with Gasteiger partial charge in [-0.3, -0.25) is 9.59 Å². The fraction of sp³-hybridized carbons (Fsp3) is 0.267. The van der Waals surface area contributed by atoms with Crippen LogP contribution in [0.25, 0.3) is 0 Å². The van der Waals surface area contributed by atoms with Gasteiger partial charge >= 0.3 is 6.18 Å². The van der Waals surface area contributed by atoms with Gasteiger partial charge in [0.25, 0.3) is 5.56 Å². The maximum Gasteiger partial charge on any atom is 0.433 e. The molecule has 0 spiro atoms. The first-order valence-corrected chi connectivity index (χ1v) is 7.82. The summed E-state index contributed by atoms with van der Waals surface area (Å²) in [7, 11) is 0. The van der Waals surface area contributed by atoms with Gasteiger partial charge < -0.3 is 10.3 Å². The number of aromatic nitrogens is 2. The van der Waals surface area contributed by atoms with Crippen molar-refractivity contribution in [3.8, 4) is 0 Å². The second kappa shape index (κ2) is 7.08. The van der Waals surface area contributed by atoms with E-state index in [9.17, 15) is 22.8 Å². The van der Waals surface area contributed by atoms with Gasteiger partial charge in [0.15, 0.2) is 10.9 Å². The number of carbonyl (C=O) groups excluding carboxylic acids is 1. The molecule has 1 heterocycles. The molecule has 24 heavy (non-hydrogen) atoms. The predicted octanol–water partition coefficient (Wildman–Crippen LogP) is 3.14. The quantitative estimate of drug-likeness (QED) is 0.651. The number of anilines is 1.